The third kappa shape index (κ3) is 3.70. The Balaban J connectivity index is 2.22. The fraction of sp³-hybridized carbons (Fsp3) is 0.286. The van der Waals surface area contributed by atoms with Gasteiger partial charge in [-0.1, -0.05) is 22.9 Å². The topological polar surface area (TPSA) is 49.8 Å². The standard InChI is InChI=1S/C14H16Br2N4/c1-3-6-17-13-12(16)14(19-8-18-13)20-10-4-5-11(15)9(2)7-10/h4-5,7-8H,3,6H2,1-2H3,(H2,17,18,19,20). The van der Waals surface area contributed by atoms with E-state index in [0.717, 1.165) is 39.2 Å². The Bertz CT molecular complexity index is 602. The molecule has 0 aliphatic rings. The number of nitrogens with zero attached hydrogens (tertiary/aromatic N) is 2. The molecule has 1 aromatic heterocycles. The zero-order chi connectivity index (χ0) is 14.5. The molecule has 0 bridgehead atoms. The number of benzene rings is 1. The van der Waals surface area contributed by atoms with E-state index in [1.54, 1.807) is 6.33 Å². The molecule has 0 aliphatic heterocycles. The van der Waals surface area contributed by atoms with Gasteiger partial charge in [0.1, 0.15) is 22.4 Å². The summed E-state index contributed by atoms with van der Waals surface area (Å²) in [5, 5.41) is 6.56. The van der Waals surface area contributed by atoms with E-state index in [1.807, 2.05) is 12.1 Å². The minimum absolute atomic E-state index is 0.750. The molecule has 106 valence electrons. The van der Waals surface area contributed by atoms with E-state index in [1.165, 1.54) is 5.56 Å². The number of hydrogen-bond donors (Lipinski definition) is 2. The van der Waals surface area contributed by atoms with Crippen LogP contribution in [0.3, 0.4) is 0 Å². The molecule has 0 amide bonds. The SMILES string of the molecule is CCCNc1ncnc(Nc2ccc(Br)c(C)c2)c1Br. The van der Waals surface area contributed by atoms with Gasteiger partial charge in [-0.15, -0.1) is 0 Å². The van der Waals surface area contributed by atoms with E-state index < -0.39 is 0 Å². The van der Waals surface area contributed by atoms with Crippen LogP contribution in [0.2, 0.25) is 0 Å². The predicted molar refractivity (Wildman–Crippen MR) is 90.7 cm³/mol. The lowest BCUT2D eigenvalue weighted by Gasteiger charge is -2.12. The first-order valence-corrected chi connectivity index (χ1v) is 7.98. The molecule has 0 saturated carbocycles. The number of aromatic nitrogens is 2. The maximum atomic E-state index is 4.27. The second-order valence-corrected chi connectivity index (χ2v) is 6.05. The third-order valence-electron chi connectivity index (χ3n) is 2.75. The number of halogens is 2. The van der Waals surface area contributed by atoms with E-state index in [2.05, 4.69) is 72.4 Å². The molecule has 0 unspecified atom stereocenters. The van der Waals surface area contributed by atoms with Crippen LogP contribution < -0.4 is 10.6 Å². The number of aryl methyl sites for hydroxylation is 1. The third-order valence-corrected chi connectivity index (χ3v) is 4.39. The van der Waals surface area contributed by atoms with Gasteiger partial charge in [-0.05, 0) is 53.0 Å². The van der Waals surface area contributed by atoms with Crippen molar-refractivity contribution in [1.82, 2.24) is 9.97 Å². The molecule has 1 heterocycles. The van der Waals surface area contributed by atoms with Crippen molar-refractivity contribution >= 4 is 49.2 Å². The largest absolute Gasteiger partial charge is 0.369 e. The van der Waals surface area contributed by atoms with Crippen molar-refractivity contribution in [3.8, 4) is 0 Å². The summed E-state index contributed by atoms with van der Waals surface area (Å²) >= 11 is 7.04. The van der Waals surface area contributed by atoms with Crippen LogP contribution in [0.1, 0.15) is 18.9 Å². The maximum Gasteiger partial charge on any atom is 0.150 e. The first-order chi connectivity index (χ1) is 9.61. The molecule has 0 spiro atoms. The van der Waals surface area contributed by atoms with Crippen LogP contribution in [0.4, 0.5) is 17.3 Å². The first-order valence-electron chi connectivity index (χ1n) is 6.39. The highest BCUT2D eigenvalue weighted by Crippen LogP contribution is 2.30. The van der Waals surface area contributed by atoms with Gasteiger partial charge >= 0.3 is 0 Å². The Morgan fingerprint density at radius 1 is 1.15 bits per heavy atom. The van der Waals surface area contributed by atoms with Crippen LogP contribution in [0.25, 0.3) is 0 Å². The van der Waals surface area contributed by atoms with Crippen LogP contribution in [0.15, 0.2) is 33.5 Å². The second kappa shape index (κ2) is 7.04. The monoisotopic (exact) mass is 398 g/mol. The fourth-order valence-electron chi connectivity index (χ4n) is 1.68. The first kappa shape index (κ1) is 15.3. The molecule has 0 fully saturated rings. The van der Waals surface area contributed by atoms with Crippen molar-refractivity contribution in [3.63, 3.8) is 0 Å². The summed E-state index contributed by atoms with van der Waals surface area (Å²) in [4.78, 5) is 8.51. The summed E-state index contributed by atoms with van der Waals surface area (Å²) in [6.45, 7) is 5.05. The number of anilines is 3. The summed E-state index contributed by atoms with van der Waals surface area (Å²) < 4.78 is 1.93. The van der Waals surface area contributed by atoms with Crippen molar-refractivity contribution in [2.45, 2.75) is 20.3 Å². The summed E-state index contributed by atoms with van der Waals surface area (Å²) in [7, 11) is 0. The summed E-state index contributed by atoms with van der Waals surface area (Å²) in [6.07, 6.45) is 2.60. The van der Waals surface area contributed by atoms with Crippen molar-refractivity contribution in [2.24, 2.45) is 0 Å². The van der Waals surface area contributed by atoms with Crippen molar-refractivity contribution in [1.29, 1.82) is 0 Å². The molecule has 1 aromatic carbocycles. The highest BCUT2D eigenvalue weighted by Gasteiger charge is 2.08. The minimum atomic E-state index is 0.750. The van der Waals surface area contributed by atoms with Crippen LogP contribution in [-0.4, -0.2) is 16.5 Å². The Morgan fingerprint density at radius 2 is 1.90 bits per heavy atom. The molecule has 2 aromatic rings. The van der Waals surface area contributed by atoms with Crippen LogP contribution >= 0.6 is 31.9 Å². The lowest BCUT2D eigenvalue weighted by atomic mass is 10.2. The summed E-state index contributed by atoms with van der Waals surface area (Å²) in [6, 6.07) is 6.09. The molecule has 4 nitrogen and oxygen atoms in total. The van der Waals surface area contributed by atoms with Crippen molar-refractivity contribution in [3.05, 3.63) is 39.0 Å². The van der Waals surface area contributed by atoms with Crippen LogP contribution in [0, 0.1) is 6.92 Å². The Hall–Kier alpha value is -1.14. The van der Waals surface area contributed by atoms with E-state index in [4.69, 9.17) is 0 Å². The van der Waals surface area contributed by atoms with Crippen LogP contribution in [-0.2, 0) is 0 Å². The van der Waals surface area contributed by atoms with Gasteiger partial charge in [0.25, 0.3) is 0 Å². The normalized spacial score (nSPS) is 10.4. The Morgan fingerprint density at radius 3 is 2.60 bits per heavy atom. The zero-order valence-corrected chi connectivity index (χ0v) is 14.5. The zero-order valence-electron chi connectivity index (χ0n) is 11.4. The van der Waals surface area contributed by atoms with Gasteiger partial charge in [0.15, 0.2) is 0 Å². The predicted octanol–water partition coefficient (Wildman–Crippen LogP) is 4.88. The molecular weight excluding hydrogens is 384 g/mol. The van der Waals surface area contributed by atoms with Gasteiger partial charge in [0.2, 0.25) is 0 Å². The fourth-order valence-corrected chi connectivity index (χ4v) is 2.37. The maximum absolute atomic E-state index is 4.27. The summed E-state index contributed by atoms with van der Waals surface area (Å²) in [5.41, 5.74) is 2.16. The molecule has 0 atom stereocenters. The molecule has 20 heavy (non-hydrogen) atoms. The van der Waals surface area contributed by atoms with E-state index in [-0.39, 0.29) is 0 Å². The summed E-state index contributed by atoms with van der Waals surface area (Å²) in [5.74, 6) is 1.55. The van der Waals surface area contributed by atoms with Gasteiger partial charge in [-0.3, -0.25) is 0 Å². The molecule has 0 aliphatic carbocycles. The molecule has 2 N–H and O–H groups in total. The van der Waals surface area contributed by atoms with E-state index in [0.29, 0.717) is 0 Å². The van der Waals surface area contributed by atoms with Crippen LogP contribution in [0.5, 0.6) is 0 Å². The number of rotatable bonds is 5. The van der Waals surface area contributed by atoms with Gasteiger partial charge in [-0.25, -0.2) is 9.97 Å². The van der Waals surface area contributed by atoms with Gasteiger partial charge < -0.3 is 10.6 Å². The van der Waals surface area contributed by atoms with Crippen molar-refractivity contribution < 1.29 is 0 Å². The number of nitrogens with one attached hydrogen (secondary N) is 2. The molecule has 0 saturated heterocycles. The smallest absolute Gasteiger partial charge is 0.150 e. The minimum Gasteiger partial charge on any atom is -0.369 e. The lowest BCUT2D eigenvalue weighted by Crippen LogP contribution is -2.05. The second-order valence-electron chi connectivity index (χ2n) is 4.40. The van der Waals surface area contributed by atoms with Gasteiger partial charge in [-0.2, -0.15) is 0 Å². The van der Waals surface area contributed by atoms with E-state index >= 15 is 0 Å². The highest BCUT2D eigenvalue weighted by molar-refractivity contribution is 9.11. The molecular formula is C14H16Br2N4. The van der Waals surface area contributed by atoms with Gasteiger partial charge in [0, 0.05) is 16.7 Å². The molecule has 0 radical (unpaired) electrons. The number of hydrogen-bond acceptors (Lipinski definition) is 4. The Labute approximate surface area is 135 Å². The Kier molecular flexibility index (Phi) is 5.37. The van der Waals surface area contributed by atoms with Gasteiger partial charge in [0.05, 0.1) is 0 Å². The molecule has 2 rings (SSSR count). The van der Waals surface area contributed by atoms with Crippen molar-refractivity contribution in [2.75, 3.05) is 17.2 Å². The highest BCUT2D eigenvalue weighted by atomic mass is 79.9. The quantitative estimate of drug-likeness (QED) is 0.752. The lowest BCUT2D eigenvalue weighted by molar-refractivity contribution is 0.962. The van der Waals surface area contributed by atoms with E-state index in [9.17, 15) is 0 Å². The molecule has 6 heteroatoms. The average Bonchev–Trinajstić information content (AvgIpc) is 2.44. The average molecular weight is 400 g/mol.